The van der Waals surface area contributed by atoms with Gasteiger partial charge in [-0.2, -0.15) is 5.26 Å². The molecule has 0 radical (unpaired) electrons. The first-order chi connectivity index (χ1) is 12.4. The summed E-state index contributed by atoms with van der Waals surface area (Å²) in [6.07, 6.45) is 2.51. The summed E-state index contributed by atoms with van der Waals surface area (Å²) in [7, 11) is 0. The summed E-state index contributed by atoms with van der Waals surface area (Å²) in [6.45, 7) is 11.4. The zero-order valence-corrected chi connectivity index (χ0v) is 16.0. The second-order valence-electron chi connectivity index (χ2n) is 7.61. The number of benzene rings is 1. The van der Waals surface area contributed by atoms with Gasteiger partial charge in [-0.05, 0) is 35.6 Å². The van der Waals surface area contributed by atoms with Gasteiger partial charge in [0, 0.05) is 19.6 Å². The fourth-order valence-electron chi connectivity index (χ4n) is 2.82. The van der Waals surface area contributed by atoms with E-state index in [0.29, 0.717) is 6.54 Å². The van der Waals surface area contributed by atoms with E-state index in [9.17, 15) is 10.1 Å². The lowest BCUT2D eigenvalue weighted by atomic mass is 9.86. The Hall–Kier alpha value is -2.16. The molecule has 0 saturated carbocycles. The Balaban J connectivity index is 1.85. The number of nitriles is 1. The van der Waals surface area contributed by atoms with Gasteiger partial charge in [-0.1, -0.05) is 45.0 Å². The highest BCUT2D eigenvalue weighted by atomic mass is 16.5. The van der Waals surface area contributed by atoms with Crippen LogP contribution >= 0.6 is 0 Å². The van der Waals surface area contributed by atoms with Gasteiger partial charge >= 0.3 is 0 Å². The second-order valence-corrected chi connectivity index (χ2v) is 7.61. The molecule has 140 valence electrons. The molecule has 5 heteroatoms. The summed E-state index contributed by atoms with van der Waals surface area (Å²) in [5.74, 6) is -0.311. The van der Waals surface area contributed by atoms with Crippen LogP contribution in [0.4, 0.5) is 0 Å². The van der Waals surface area contributed by atoms with Crippen LogP contribution in [0.2, 0.25) is 0 Å². The third kappa shape index (κ3) is 6.29. The summed E-state index contributed by atoms with van der Waals surface area (Å²) in [4.78, 5) is 14.5. The number of hydrogen-bond acceptors (Lipinski definition) is 4. The van der Waals surface area contributed by atoms with Crippen molar-refractivity contribution < 1.29 is 9.53 Å². The number of hydrogen-bond donors (Lipinski definition) is 1. The fraction of sp³-hybridized carbons (Fsp3) is 0.524. The van der Waals surface area contributed by atoms with Crippen LogP contribution in [0.25, 0.3) is 6.08 Å². The third-order valence-corrected chi connectivity index (χ3v) is 4.49. The smallest absolute Gasteiger partial charge is 0.261 e. The minimum Gasteiger partial charge on any atom is -0.379 e. The van der Waals surface area contributed by atoms with Crippen molar-refractivity contribution in [1.29, 1.82) is 5.26 Å². The number of nitrogens with one attached hydrogen (secondary N) is 1. The van der Waals surface area contributed by atoms with E-state index >= 15 is 0 Å². The minimum atomic E-state index is -0.311. The molecule has 1 aliphatic heterocycles. The van der Waals surface area contributed by atoms with Gasteiger partial charge in [0.2, 0.25) is 0 Å². The van der Waals surface area contributed by atoms with E-state index in [4.69, 9.17) is 4.74 Å². The number of nitrogens with zero attached hydrogens (tertiary/aromatic N) is 2. The van der Waals surface area contributed by atoms with E-state index in [1.807, 2.05) is 30.3 Å². The zero-order chi connectivity index (χ0) is 19.0. The van der Waals surface area contributed by atoms with Crippen LogP contribution in [0.3, 0.4) is 0 Å². The van der Waals surface area contributed by atoms with E-state index in [1.54, 1.807) is 6.08 Å². The molecule has 0 bridgehead atoms. The van der Waals surface area contributed by atoms with Crippen LogP contribution in [-0.2, 0) is 14.9 Å². The largest absolute Gasteiger partial charge is 0.379 e. The standard InChI is InChI=1S/C21H29N3O2/c1-21(2,3)19-7-5-17(6-8-19)15-18(16-22)20(25)23-9-4-10-24-11-13-26-14-12-24/h5-8,15H,4,9-14H2,1-3H3,(H,23,25)/b18-15-. The van der Waals surface area contributed by atoms with Gasteiger partial charge in [0.05, 0.1) is 13.2 Å². The SMILES string of the molecule is CC(C)(C)c1ccc(/C=C(/C#N)C(=O)NCCCN2CCOCC2)cc1. The molecular formula is C21H29N3O2. The Morgan fingerprint density at radius 3 is 2.50 bits per heavy atom. The summed E-state index contributed by atoms with van der Waals surface area (Å²) in [5, 5.41) is 12.1. The molecule has 1 aromatic carbocycles. The molecule has 1 aromatic rings. The molecule has 0 aliphatic carbocycles. The molecule has 1 saturated heterocycles. The summed E-state index contributed by atoms with van der Waals surface area (Å²) in [6, 6.07) is 9.99. The Morgan fingerprint density at radius 2 is 1.92 bits per heavy atom. The van der Waals surface area contributed by atoms with Crippen molar-refractivity contribution in [2.75, 3.05) is 39.4 Å². The van der Waals surface area contributed by atoms with Crippen molar-refractivity contribution in [1.82, 2.24) is 10.2 Å². The molecule has 0 atom stereocenters. The molecule has 0 spiro atoms. The second kappa shape index (κ2) is 9.51. The lowest BCUT2D eigenvalue weighted by Crippen LogP contribution is -2.38. The van der Waals surface area contributed by atoms with E-state index < -0.39 is 0 Å². The van der Waals surface area contributed by atoms with Gasteiger partial charge in [0.1, 0.15) is 11.6 Å². The number of amides is 1. The van der Waals surface area contributed by atoms with E-state index in [-0.39, 0.29) is 16.9 Å². The van der Waals surface area contributed by atoms with Crippen LogP contribution in [0, 0.1) is 11.3 Å². The summed E-state index contributed by atoms with van der Waals surface area (Å²) in [5.41, 5.74) is 2.30. The van der Waals surface area contributed by atoms with Gasteiger partial charge in [0.15, 0.2) is 0 Å². The van der Waals surface area contributed by atoms with Crippen LogP contribution in [-0.4, -0.2) is 50.2 Å². The molecule has 1 N–H and O–H groups in total. The minimum absolute atomic E-state index is 0.0815. The highest BCUT2D eigenvalue weighted by molar-refractivity contribution is 6.01. The highest BCUT2D eigenvalue weighted by Crippen LogP contribution is 2.22. The predicted octanol–water partition coefficient (Wildman–Crippen LogP) is 2.73. The predicted molar refractivity (Wildman–Crippen MR) is 104 cm³/mol. The number of carbonyl (C=O) groups is 1. The quantitative estimate of drug-likeness (QED) is 0.484. The number of rotatable bonds is 6. The summed E-state index contributed by atoms with van der Waals surface area (Å²) >= 11 is 0. The molecule has 1 fully saturated rings. The van der Waals surface area contributed by atoms with Crippen LogP contribution in [0.5, 0.6) is 0 Å². The van der Waals surface area contributed by atoms with E-state index in [0.717, 1.165) is 44.8 Å². The lowest BCUT2D eigenvalue weighted by molar-refractivity contribution is -0.117. The Kier molecular flexibility index (Phi) is 7.38. The van der Waals surface area contributed by atoms with Crippen LogP contribution in [0.1, 0.15) is 38.3 Å². The Morgan fingerprint density at radius 1 is 1.27 bits per heavy atom. The molecule has 0 aromatic heterocycles. The number of morpholine rings is 1. The average molecular weight is 355 g/mol. The summed E-state index contributed by atoms with van der Waals surface area (Å²) < 4.78 is 5.32. The number of ether oxygens (including phenoxy) is 1. The van der Waals surface area contributed by atoms with Crippen molar-refractivity contribution in [2.24, 2.45) is 0 Å². The van der Waals surface area contributed by atoms with Crippen molar-refractivity contribution in [3.8, 4) is 6.07 Å². The maximum absolute atomic E-state index is 12.2. The van der Waals surface area contributed by atoms with Gasteiger partial charge in [-0.25, -0.2) is 0 Å². The van der Waals surface area contributed by atoms with E-state index in [1.165, 1.54) is 5.56 Å². The molecule has 1 amide bonds. The van der Waals surface area contributed by atoms with Gasteiger partial charge in [0.25, 0.3) is 5.91 Å². The lowest BCUT2D eigenvalue weighted by Gasteiger charge is -2.26. The third-order valence-electron chi connectivity index (χ3n) is 4.49. The topological polar surface area (TPSA) is 65.4 Å². The molecule has 2 rings (SSSR count). The molecule has 5 nitrogen and oxygen atoms in total. The maximum atomic E-state index is 12.2. The molecule has 0 unspecified atom stereocenters. The van der Waals surface area contributed by atoms with E-state index in [2.05, 4.69) is 31.0 Å². The van der Waals surface area contributed by atoms with Crippen molar-refractivity contribution >= 4 is 12.0 Å². The zero-order valence-electron chi connectivity index (χ0n) is 16.0. The monoisotopic (exact) mass is 355 g/mol. The van der Waals surface area contributed by atoms with Crippen molar-refractivity contribution in [3.63, 3.8) is 0 Å². The number of carbonyl (C=O) groups excluding carboxylic acids is 1. The molecule has 26 heavy (non-hydrogen) atoms. The maximum Gasteiger partial charge on any atom is 0.261 e. The molecule has 1 heterocycles. The fourth-order valence-corrected chi connectivity index (χ4v) is 2.82. The normalized spacial score (nSPS) is 16.2. The Labute approximate surface area is 156 Å². The first-order valence-corrected chi connectivity index (χ1v) is 9.21. The molecule has 1 aliphatic rings. The van der Waals surface area contributed by atoms with Crippen LogP contribution in [0.15, 0.2) is 29.8 Å². The first-order valence-electron chi connectivity index (χ1n) is 9.21. The van der Waals surface area contributed by atoms with Gasteiger partial charge < -0.3 is 10.1 Å². The van der Waals surface area contributed by atoms with Crippen molar-refractivity contribution in [3.05, 3.63) is 41.0 Å². The highest BCUT2D eigenvalue weighted by Gasteiger charge is 2.14. The molecular weight excluding hydrogens is 326 g/mol. The average Bonchev–Trinajstić information content (AvgIpc) is 2.63. The van der Waals surface area contributed by atoms with Gasteiger partial charge in [-0.15, -0.1) is 0 Å². The van der Waals surface area contributed by atoms with Crippen LogP contribution < -0.4 is 5.32 Å². The van der Waals surface area contributed by atoms with Crippen molar-refractivity contribution in [2.45, 2.75) is 32.6 Å². The Bertz CT molecular complexity index is 660. The first kappa shape index (κ1) is 20.2. The van der Waals surface area contributed by atoms with Gasteiger partial charge in [-0.3, -0.25) is 9.69 Å².